The molecule has 0 aliphatic heterocycles. The zero-order chi connectivity index (χ0) is 17.0. The third kappa shape index (κ3) is 9.66. The van der Waals surface area contributed by atoms with E-state index in [0.29, 0.717) is 25.8 Å². The Bertz CT molecular complexity index is 401. The summed E-state index contributed by atoms with van der Waals surface area (Å²) in [5.41, 5.74) is 10.5. The minimum Gasteiger partial charge on any atom is -0.480 e. The van der Waals surface area contributed by atoms with Gasteiger partial charge in [0.1, 0.15) is 12.6 Å². The van der Waals surface area contributed by atoms with E-state index in [-0.39, 0.29) is 13.1 Å². The molecule has 0 aromatic rings. The van der Waals surface area contributed by atoms with Crippen LogP contribution in [0.4, 0.5) is 0 Å². The van der Waals surface area contributed by atoms with E-state index in [0.717, 1.165) is 0 Å². The number of nitrogens with one attached hydrogen (secondary N) is 3. The fourth-order valence-electron chi connectivity index (χ4n) is 1.54. The van der Waals surface area contributed by atoms with Crippen LogP contribution in [-0.2, 0) is 19.2 Å². The quantitative estimate of drug-likeness (QED) is 0.218. The van der Waals surface area contributed by atoms with Crippen molar-refractivity contribution in [3.63, 3.8) is 0 Å². The molecule has 0 aromatic heterocycles. The Balaban J connectivity index is 4.32. The van der Waals surface area contributed by atoms with Gasteiger partial charge in [0.15, 0.2) is 0 Å². The largest absolute Gasteiger partial charge is 0.480 e. The number of carboxylic acids is 1. The molecule has 0 aliphatic rings. The molecule has 10 heteroatoms. The van der Waals surface area contributed by atoms with Crippen molar-refractivity contribution in [3.8, 4) is 0 Å². The van der Waals surface area contributed by atoms with E-state index < -0.39 is 36.3 Å². The number of amides is 3. The first kappa shape index (κ1) is 19.8. The number of nitrogens with two attached hydrogens (primary N) is 2. The smallest absolute Gasteiger partial charge is 0.322 e. The zero-order valence-corrected chi connectivity index (χ0v) is 12.3. The summed E-state index contributed by atoms with van der Waals surface area (Å²) >= 11 is 0. The van der Waals surface area contributed by atoms with Gasteiger partial charge in [-0.15, -0.1) is 0 Å². The Morgan fingerprint density at radius 3 is 2.18 bits per heavy atom. The van der Waals surface area contributed by atoms with E-state index in [2.05, 4.69) is 16.0 Å². The van der Waals surface area contributed by atoms with Gasteiger partial charge in [-0.3, -0.25) is 19.2 Å². The van der Waals surface area contributed by atoms with Crippen molar-refractivity contribution in [3.05, 3.63) is 0 Å². The Morgan fingerprint density at radius 2 is 1.64 bits per heavy atom. The van der Waals surface area contributed by atoms with Crippen LogP contribution in [0.5, 0.6) is 0 Å². The molecule has 10 nitrogen and oxygen atoms in total. The number of carboxylic acid groups (broad SMARTS) is 1. The van der Waals surface area contributed by atoms with Crippen LogP contribution >= 0.6 is 0 Å². The van der Waals surface area contributed by atoms with E-state index in [1.165, 1.54) is 0 Å². The summed E-state index contributed by atoms with van der Waals surface area (Å²) in [6.07, 6.45) is 1.69. The molecule has 0 aliphatic carbocycles. The number of carbonyl (C=O) groups excluding carboxylic acids is 3. The predicted octanol–water partition coefficient (Wildman–Crippen LogP) is -3.12. The standard InChI is InChI=1S/C12H23N5O5/c13-4-2-1-3-8(17-9(18)5-14)12(22)16-6-10(19)15-7-11(20)21/h8H,1-7,13-14H2,(H,15,19)(H,16,22)(H,17,18)(H,20,21)/t8-/m1/s1. The minimum atomic E-state index is -1.19. The minimum absolute atomic E-state index is 0.250. The SMILES string of the molecule is NCCCC[C@@H](NC(=O)CN)C(=O)NCC(=O)NCC(=O)O. The van der Waals surface area contributed by atoms with Crippen molar-refractivity contribution in [1.29, 1.82) is 0 Å². The molecule has 0 saturated heterocycles. The lowest BCUT2D eigenvalue weighted by molar-refractivity contribution is -0.138. The lowest BCUT2D eigenvalue weighted by Crippen LogP contribution is -2.50. The molecular formula is C12H23N5O5. The summed E-state index contributed by atoms with van der Waals surface area (Å²) < 4.78 is 0. The van der Waals surface area contributed by atoms with E-state index in [4.69, 9.17) is 16.6 Å². The van der Waals surface area contributed by atoms with E-state index in [9.17, 15) is 19.2 Å². The van der Waals surface area contributed by atoms with Crippen LogP contribution in [-0.4, -0.2) is 61.0 Å². The Morgan fingerprint density at radius 1 is 0.955 bits per heavy atom. The van der Waals surface area contributed by atoms with Crippen LogP contribution < -0.4 is 27.4 Å². The van der Waals surface area contributed by atoms with Crippen LogP contribution in [0, 0.1) is 0 Å². The fraction of sp³-hybridized carbons (Fsp3) is 0.667. The summed E-state index contributed by atoms with van der Waals surface area (Å²) in [6.45, 7) is -0.687. The van der Waals surface area contributed by atoms with Crippen LogP contribution in [0.2, 0.25) is 0 Å². The molecule has 0 unspecified atom stereocenters. The molecule has 0 saturated carbocycles. The van der Waals surface area contributed by atoms with Crippen LogP contribution in [0.25, 0.3) is 0 Å². The van der Waals surface area contributed by atoms with Crippen molar-refractivity contribution in [2.24, 2.45) is 11.5 Å². The van der Waals surface area contributed by atoms with Gasteiger partial charge in [-0.1, -0.05) is 0 Å². The molecule has 0 fully saturated rings. The third-order valence-corrected chi connectivity index (χ3v) is 2.64. The maximum atomic E-state index is 11.9. The number of hydrogen-bond acceptors (Lipinski definition) is 6. The highest BCUT2D eigenvalue weighted by atomic mass is 16.4. The number of carbonyl (C=O) groups is 4. The highest BCUT2D eigenvalue weighted by molar-refractivity contribution is 5.91. The topological polar surface area (TPSA) is 177 Å². The van der Waals surface area contributed by atoms with Crippen molar-refractivity contribution in [2.75, 3.05) is 26.2 Å². The Kier molecular flexibility index (Phi) is 10.3. The molecule has 3 amide bonds. The maximum Gasteiger partial charge on any atom is 0.322 e. The van der Waals surface area contributed by atoms with Gasteiger partial charge in [0.2, 0.25) is 17.7 Å². The van der Waals surface area contributed by atoms with Gasteiger partial charge in [-0.25, -0.2) is 0 Å². The van der Waals surface area contributed by atoms with Crippen LogP contribution in [0.3, 0.4) is 0 Å². The average Bonchev–Trinajstić information content (AvgIpc) is 2.49. The summed E-state index contributed by atoms with van der Waals surface area (Å²) in [5.74, 6) is -2.84. The molecule has 22 heavy (non-hydrogen) atoms. The van der Waals surface area contributed by atoms with Crippen molar-refractivity contribution < 1.29 is 24.3 Å². The summed E-state index contributed by atoms with van der Waals surface area (Å²) in [7, 11) is 0. The van der Waals surface area contributed by atoms with Crippen LogP contribution in [0.1, 0.15) is 19.3 Å². The van der Waals surface area contributed by atoms with E-state index >= 15 is 0 Å². The molecule has 0 bridgehead atoms. The normalized spacial score (nSPS) is 11.4. The second-order valence-corrected chi connectivity index (χ2v) is 4.50. The number of aliphatic carboxylic acids is 1. The van der Waals surface area contributed by atoms with Crippen LogP contribution in [0.15, 0.2) is 0 Å². The van der Waals surface area contributed by atoms with Gasteiger partial charge in [0.25, 0.3) is 0 Å². The number of hydrogen-bond donors (Lipinski definition) is 6. The zero-order valence-electron chi connectivity index (χ0n) is 12.3. The molecule has 8 N–H and O–H groups in total. The molecule has 0 spiro atoms. The van der Waals surface area contributed by atoms with Gasteiger partial charge in [0, 0.05) is 0 Å². The highest BCUT2D eigenvalue weighted by Crippen LogP contribution is 2.00. The number of rotatable bonds is 11. The van der Waals surface area contributed by atoms with Gasteiger partial charge in [-0.05, 0) is 25.8 Å². The number of unbranched alkanes of at least 4 members (excludes halogenated alkanes) is 1. The maximum absolute atomic E-state index is 11.9. The Hall–Kier alpha value is -2.20. The molecule has 0 aromatic carbocycles. The third-order valence-electron chi connectivity index (χ3n) is 2.64. The molecule has 1 atom stereocenters. The first-order chi connectivity index (χ1) is 10.4. The monoisotopic (exact) mass is 317 g/mol. The van der Waals surface area contributed by atoms with E-state index in [1.54, 1.807) is 0 Å². The second-order valence-electron chi connectivity index (χ2n) is 4.50. The highest BCUT2D eigenvalue weighted by Gasteiger charge is 2.20. The van der Waals surface area contributed by atoms with Gasteiger partial charge < -0.3 is 32.5 Å². The fourth-order valence-corrected chi connectivity index (χ4v) is 1.54. The first-order valence-electron chi connectivity index (χ1n) is 6.86. The molecule has 126 valence electrons. The molecular weight excluding hydrogens is 294 g/mol. The van der Waals surface area contributed by atoms with Gasteiger partial charge in [0.05, 0.1) is 13.1 Å². The predicted molar refractivity (Wildman–Crippen MR) is 77.5 cm³/mol. The lowest BCUT2D eigenvalue weighted by atomic mass is 10.1. The van der Waals surface area contributed by atoms with Crippen molar-refractivity contribution >= 4 is 23.7 Å². The molecule has 0 radical (unpaired) electrons. The van der Waals surface area contributed by atoms with Gasteiger partial charge >= 0.3 is 5.97 Å². The van der Waals surface area contributed by atoms with Crippen molar-refractivity contribution in [1.82, 2.24) is 16.0 Å². The van der Waals surface area contributed by atoms with Gasteiger partial charge in [-0.2, -0.15) is 0 Å². The summed E-state index contributed by atoms with van der Waals surface area (Å²) in [6, 6.07) is -0.810. The molecule has 0 heterocycles. The average molecular weight is 317 g/mol. The summed E-state index contributed by atoms with van der Waals surface area (Å²) in [4.78, 5) is 44.8. The lowest BCUT2D eigenvalue weighted by Gasteiger charge is -2.17. The summed E-state index contributed by atoms with van der Waals surface area (Å²) in [5, 5.41) is 15.3. The first-order valence-corrected chi connectivity index (χ1v) is 6.86. The Labute approximate surface area is 128 Å². The van der Waals surface area contributed by atoms with E-state index in [1.807, 2.05) is 0 Å². The van der Waals surface area contributed by atoms with Crippen molar-refractivity contribution in [2.45, 2.75) is 25.3 Å². The molecule has 0 rings (SSSR count). The second kappa shape index (κ2) is 11.5.